The van der Waals surface area contributed by atoms with Gasteiger partial charge in [-0.3, -0.25) is 4.79 Å². The molecule has 2 aromatic carbocycles. The number of hydrogen-bond acceptors (Lipinski definition) is 5. The van der Waals surface area contributed by atoms with Gasteiger partial charge in [0.2, 0.25) is 0 Å². The first-order valence-electron chi connectivity index (χ1n) is 8.01. The largest absolute Gasteiger partial charge is 0.484 e. The molecule has 0 bridgehead atoms. The summed E-state index contributed by atoms with van der Waals surface area (Å²) in [4.78, 5) is 16.6. The molecule has 5 nitrogen and oxygen atoms in total. The number of aromatic nitrogens is 1. The number of aryl methyl sites for hydroxylation is 4. The van der Waals surface area contributed by atoms with E-state index in [2.05, 4.69) is 10.3 Å². The van der Waals surface area contributed by atoms with Crippen molar-refractivity contribution in [2.45, 2.75) is 27.7 Å². The highest BCUT2D eigenvalue weighted by Crippen LogP contribution is 2.34. The fraction of sp³-hybridized carbons (Fsp3) is 0.263. The van der Waals surface area contributed by atoms with Gasteiger partial charge in [0, 0.05) is 5.69 Å². The Balaban J connectivity index is 1.74. The van der Waals surface area contributed by atoms with E-state index in [1.165, 1.54) is 16.9 Å². The van der Waals surface area contributed by atoms with Crippen LogP contribution in [-0.2, 0) is 4.79 Å². The number of nitrogens with two attached hydrogens (primary N) is 1. The van der Waals surface area contributed by atoms with Crippen molar-refractivity contribution in [2.24, 2.45) is 0 Å². The second-order valence-electron chi connectivity index (χ2n) is 6.18. The van der Waals surface area contributed by atoms with Crippen LogP contribution >= 0.6 is 11.3 Å². The minimum atomic E-state index is -0.193. The number of anilines is 2. The summed E-state index contributed by atoms with van der Waals surface area (Å²) in [6.45, 7) is 7.93. The first kappa shape index (κ1) is 17.2. The lowest BCUT2D eigenvalue weighted by atomic mass is 10.1. The number of thiazole rings is 1. The van der Waals surface area contributed by atoms with Crippen molar-refractivity contribution in [2.75, 3.05) is 17.7 Å². The molecule has 0 aliphatic heterocycles. The van der Waals surface area contributed by atoms with Crippen LogP contribution in [0.1, 0.15) is 22.3 Å². The highest BCUT2D eigenvalue weighted by molar-refractivity contribution is 7.22. The Morgan fingerprint density at radius 3 is 2.64 bits per heavy atom. The van der Waals surface area contributed by atoms with Crippen LogP contribution in [0, 0.1) is 27.7 Å². The predicted molar refractivity (Wildman–Crippen MR) is 104 cm³/mol. The molecule has 0 aliphatic rings. The maximum Gasteiger partial charge on any atom is 0.262 e. The summed E-state index contributed by atoms with van der Waals surface area (Å²) in [5.41, 5.74) is 11.7. The number of ether oxygens (including phenoxy) is 1. The van der Waals surface area contributed by atoms with Crippen molar-refractivity contribution in [1.29, 1.82) is 0 Å². The van der Waals surface area contributed by atoms with Crippen molar-refractivity contribution in [3.63, 3.8) is 0 Å². The molecule has 3 N–H and O–H groups in total. The average molecular weight is 355 g/mol. The SMILES string of the molecule is Cc1ccc(OCC(=O)Nc2c(C)cc3nc(N)sc3c2C)cc1C. The van der Waals surface area contributed by atoms with Crippen molar-refractivity contribution >= 4 is 38.3 Å². The van der Waals surface area contributed by atoms with Crippen LogP contribution in [-0.4, -0.2) is 17.5 Å². The molecular weight excluding hydrogens is 334 g/mol. The number of carbonyl (C=O) groups excluding carboxylic acids is 1. The summed E-state index contributed by atoms with van der Waals surface area (Å²) in [6, 6.07) is 7.73. The summed E-state index contributed by atoms with van der Waals surface area (Å²) < 4.78 is 6.60. The third kappa shape index (κ3) is 3.58. The molecule has 0 atom stereocenters. The molecule has 0 unspecified atom stereocenters. The molecule has 0 radical (unpaired) electrons. The third-order valence-corrected chi connectivity index (χ3v) is 5.27. The summed E-state index contributed by atoms with van der Waals surface area (Å²) in [5, 5.41) is 3.48. The molecule has 6 heteroatoms. The molecule has 1 aromatic heterocycles. The molecule has 0 spiro atoms. The van der Waals surface area contributed by atoms with Crippen molar-refractivity contribution < 1.29 is 9.53 Å². The standard InChI is InChI=1S/C19H21N3O2S/c1-10-5-6-14(7-11(10)2)24-9-16(23)22-17-12(3)8-15-18(13(17)4)25-19(20)21-15/h5-8H,9H2,1-4H3,(H2,20,21)(H,22,23). The first-order valence-corrected chi connectivity index (χ1v) is 8.83. The number of nitrogens with one attached hydrogen (secondary N) is 1. The van der Waals surface area contributed by atoms with Crippen LogP contribution in [0.3, 0.4) is 0 Å². The normalized spacial score (nSPS) is 10.9. The van der Waals surface area contributed by atoms with Crippen LogP contribution in [0.2, 0.25) is 0 Å². The number of carbonyl (C=O) groups is 1. The van der Waals surface area contributed by atoms with Crippen LogP contribution < -0.4 is 15.8 Å². The van der Waals surface area contributed by atoms with Gasteiger partial charge in [-0.1, -0.05) is 17.4 Å². The molecule has 3 aromatic rings. The van der Waals surface area contributed by atoms with Gasteiger partial charge in [-0.15, -0.1) is 0 Å². The molecule has 3 rings (SSSR count). The van der Waals surface area contributed by atoms with Crippen molar-refractivity contribution in [3.05, 3.63) is 46.5 Å². The van der Waals surface area contributed by atoms with Gasteiger partial charge < -0.3 is 15.8 Å². The van der Waals surface area contributed by atoms with Crippen LogP contribution in [0.5, 0.6) is 5.75 Å². The molecule has 1 heterocycles. The van der Waals surface area contributed by atoms with Gasteiger partial charge in [0.05, 0.1) is 10.2 Å². The number of benzene rings is 2. The zero-order chi connectivity index (χ0) is 18.1. The summed E-state index contributed by atoms with van der Waals surface area (Å²) in [5.74, 6) is 0.499. The highest BCUT2D eigenvalue weighted by atomic mass is 32.1. The smallest absolute Gasteiger partial charge is 0.262 e. The van der Waals surface area contributed by atoms with Gasteiger partial charge in [0.25, 0.3) is 5.91 Å². The number of nitrogens with zero attached hydrogens (tertiary/aromatic N) is 1. The Morgan fingerprint density at radius 2 is 1.92 bits per heavy atom. The van der Waals surface area contributed by atoms with Crippen molar-refractivity contribution in [1.82, 2.24) is 4.98 Å². The number of rotatable bonds is 4. The van der Waals surface area contributed by atoms with E-state index in [0.29, 0.717) is 10.9 Å². The second kappa shape index (κ2) is 6.72. The fourth-order valence-electron chi connectivity index (χ4n) is 2.72. The molecule has 0 saturated heterocycles. The summed E-state index contributed by atoms with van der Waals surface area (Å²) in [7, 11) is 0. The van der Waals surface area contributed by atoms with E-state index in [0.717, 1.165) is 32.6 Å². The third-order valence-electron chi connectivity index (χ3n) is 4.25. The predicted octanol–water partition coefficient (Wildman–Crippen LogP) is 4.13. The lowest BCUT2D eigenvalue weighted by Crippen LogP contribution is -2.21. The number of hydrogen-bond donors (Lipinski definition) is 2. The fourth-order valence-corrected chi connectivity index (χ4v) is 3.54. The zero-order valence-electron chi connectivity index (χ0n) is 14.8. The van der Waals surface area contributed by atoms with Gasteiger partial charge in [-0.05, 0) is 68.1 Å². The molecular formula is C19H21N3O2S. The number of fused-ring (bicyclic) bond motifs is 1. The van der Waals surface area contributed by atoms with Crippen LogP contribution in [0.25, 0.3) is 10.2 Å². The summed E-state index contributed by atoms with van der Waals surface area (Å²) in [6.07, 6.45) is 0. The van der Waals surface area contributed by atoms with E-state index in [9.17, 15) is 4.79 Å². The first-order chi connectivity index (χ1) is 11.8. The Labute approximate surface area is 150 Å². The van der Waals surface area contributed by atoms with Crippen LogP contribution in [0.15, 0.2) is 24.3 Å². The van der Waals surface area contributed by atoms with Gasteiger partial charge >= 0.3 is 0 Å². The second-order valence-corrected chi connectivity index (χ2v) is 7.21. The molecule has 0 saturated carbocycles. The highest BCUT2D eigenvalue weighted by Gasteiger charge is 2.14. The van der Waals surface area contributed by atoms with E-state index in [4.69, 9.17) is 10.5 Å². The lowest BCUT2D eigenvalue weighted by molar-refractivity contribution is -0.118. The zero-order valence-corrected chi connectivity index (χ0v) is 15.6. The molecule has 0 aliphatic carbocycles. The van der Waals surface area contributed by atoms with E-state index in [1.54, 1.807) is 0 Å². The minimum absolute atomic E-state index is 0.0375. The molecule has 0 fully saturated rings. The molecule has 25 heavy (non-hydrogen) atoms. The Bertz CT molecular complexity index is 963. The summed E-state index contributed by atoms with van der Waals surface area (Å²) >= 11 is 1.43. The Morgan fingerprint density at radius 1 is 1.16 bits per heavy atom. The van der Waals surface area contributed by atoms with Gasteiger partial charge in [-0.2, -0.15) is 0 Å². The molecule has 130 valence electrons. The maximum atomic E-state index is 12.3. The van der Waals surface area contributed by atoms with E-state index < -0.39 is 0 Å². The number of nitrogen functional groups attached to an aromatic ring is 1. The van der Waals surface area contributed by atoms with Gasteiger partial charge in [0.15, 0.2) is 11.7 Å². The van der Waals surface area contributed by atoms with E-state index in [-0.39, 0.29) is 12.5 Å². The quantitative estimate of drug-likeness (QED) is 0.738. The lowest BCUT2D eigenvalue weighted by Gasteiger charge is -2.13. The Hall–Kier alpha value is -2.60. The van der Waals surface area contributed by atoms with Gasteiger partial charge in [-0.25, -0.2) is 4.98 Å². The van der Waals surface area contributed by atoms with Gasteiger partial charge in [0.1, 0.15) is 5.75 Å². The monoisotopic (exact) mass is 355 g/mol. The van der Waals surface area contributed by atoms with E-state index in [1.807, 2.05) is 52.0 Å². The Kier molecular flexibility index (Phi) is 4.63. The van der Waals surface area contributed by atoms with Crippen molar-refractivity contribution in [3.8, 4) is 5.75 Å². The van der Waals surface area contributed by atoms with E-state index >= 15 is 0 Å². The number of amides is 1. The average Bonchev–Trinajstić information content (AvgIpc) is 2.93. The molecule has 1 amide bonds. The topological polar surface area (TPSA) is 77.2 Å². The maximum absolute atomic E-state index is 12.3. The minimum Gasteiger partial charge on any atom is -0.484 e. The van der Waals surface area contributed by atoms with Crippen LogP contribution in [0.4, 0.5) is 10.8 Å².